The third kappa shape index (κ3) is 5.63. The predicted molar refractivity (Wildman–Crippen MR) is 114 cm³/mol. The first kappa shape index (κ1) is 20.5. The van der Waals surface area contributed by atoms with Crippen molar-refractivity contribution in [2.45, 2.75) is 12.5 Å². The van der Waals surface area contributed by atoms with Gasteiger partial charge in [-0.05, 0) is 36.2 Å². The molecule has 1 aliphatic rings. The van der Waals surface area contributed by atoms with Crippen LogP contribution in [-0.2, 0) is 4.74 Å². The Morgan fingerprint density at radius 3 is 2.68 bits per heavy atom. The zero-order valence-electron chi connectivity index (χ0n) is 16.5. The van der Waals surface area contributed by atoms with Crippen LogP contribution in [0.3, 0.4) is 0 Å². The van der Waals surface area contributed by atoms with E-state index in [1.807, 2.05) is 37.4 Å². The second kappa shape index (κ2) is 10.3. The van der Waals surface area contributed by atoms with Crippen molar-refractivity contribution in [1.29, 1.82) is 0 Å². The Bertz CT molecular complexity index is 752. The number of hydrogen-bond acceptors (Lipinski definition) is 3. The normalized spacial score (nSPS) is 19.5. The molecule has 1 heterocycles. The topological polar surface area (TPSA) is 46.1 Å². The molecule has 150 valence electrons. The lowest BCUT2D eigenvalue weighted by Crippen LogP contribution is -2.43. The summed E-state index contributed by atoms with van der Waals surface area (Å²) in [4.78, 5) is 6.47. The van der Waals surface area contributed by atoms with E-state index < -0.39 is 0 Å². The monoisotopic (exact) mass is 401 g/mol. The summed E-state index contributed by atoms with van der Waals surface area (Å²) in [5, 5.41) is 4.20. The van der Waals surface area contributed by atoms with Crippen LogP contribution < -0.4 is 10.1 Å². The summed E-state index contributed by atoms with van der Waals surface area (Å²) in [5.41, 5.74) is 1.24. The molecular formula is C22H28ClN3O2. The molecule has 0 radical (unpaired) electrons. The first-order valence-corrected chi connectivity index (χ1v) is 10.0. The van der Waals surface area contributed by atoms with Gasteiger partial charge in [0, 0.05) is 38.2 Å². The number of benzene rings is 2. The molecule has 6 heteroatoms. The van der Waals surface area contributed by atoms with Crippen molar-refractivity contribution in [3.63, 3.8) is 0 Å². The molecule has 0 saturated carbocycles. The summed E-state index contributed by atoms with van der Waals surface area (Å²) in [5.74, 6) is 2.10. The van der Waals surface area contributed by atoms with Crippen molar-refractivity contribution < 1.29 is 9.47 Å². The van der Waals surface area contributed by atoms with Gasteiger partial charge in [-0.1, -0.05) is 41.9 Å². The van der Waals surface area contributed by atoms with Gasteiger partial charge in [0.05, 0.1) is 12.6 Å². The molecule has 0 spiro atoms. The number of nitrogens with zero attached hydrogens (tertiary/aromatic N) is 2. The van der Waals surface area contributed by atoms with Gasteiger partial charge in [0.15, 0.2) is 5.96 Å². The fourth-order valence-corrected chi connectivity index (χ4v) is 3.52. The first-order valence-electron chi connectivity index (χ1n) is 9.64. The predicted octanol–water partition coefficient (Wildman–Crippen LogP) is 4.00. The molecular weight excluding hydrogens is 374 g/mol. The second-order valence-corrected chi connectivity index (χ2v) is 7.34. The standard InChI is InChI=1S/C22H28ClN3O2/c1-24-22(26(2)13-15-27-20-10-8-19(23)9-11-20)25-16-18-12-14-28-21(18)17-6-4-3-5-7-17/h3-11,18,21H,12-16H2,1-2H3,(H,24,25). The first-order chi connectivity index (χ1) is 13.7. The van der Waals surface area contributed by atoms with Crippen LogP contribution in [0.15, 0.2) is 59.6 Å². The van der Waals surface area contributed by atoms with Crippen molar-refractivity contribution in [1.82, 2.24) is 10.2 Å². The summed E-state index contributed by atoms with van der Waals surface area (Å²) in [6.07, 6.45) is 1.19. The Morgan fingerprint density at radius 1 is 1.21 bits per heavy atom. The van der Waals surface area contributed by atoms with Crippen molar-refractivity contribution >= 4 is 17.6 Å². The molecule has 2 aromatic carbocycles. The maximum atomic E-state index is 5.98. The summed E-state index contributed by atoms with van der Waals surface area (Å²) >= 11 is 5.90. The van der Waals surface area contributed by atoms with Crippen molar-refractivity contribution in [3.05, 3.63) is 65.2 Å². The van der Waals surface area contributed by atoms with Crippen LogP contribution in [0.4, 0.5) is 0 Å². The van der Waals surface area contributed by atoms with Gasteiger partial charge in [0.25, 0.3) is 0 Å². The van der Waals surface area contributed by atoms with Crippen LogP contribution >= 0.6 is 11.6 Å². The summed E-state index contributed by atoms with van der Waals surface area (Å²) in [6.45, 7) is 2.92. The second-order valence-electron chi connectivity index (χ2n) is 6.90. The molecule has 2 atom stereocenters. The van der Waals surface area contributed by atoms with Crippen LogP contribution in [0.2, 0.25) is 5.02 Å². The van der Waals surface area contributed by atoms with Crippen LogP contribution in [0, 0.1) is 5.92 Å². The maximum absolute atomic E-state index is 5.98. The minimum Gasteiger partial charge on any atom is -0.492 e. The Kier molecular flexibility index (Phi) is 7.57. The highest BCUT2D eigenvalue weighted by atomic mass is 35.5. The molecule has 28 heavy (non-hydrogen) atoms. The molecule has 0 bridgehead atoms. The maximum Gasteiger partial charge on any atom is 0.193 e. The highest BCUT2D eigenvalue weighted by Crippen LogP contribution is 2.33. The minimum absolute atomic E-state index is 0.144. The number of halogens is 1. The zero-order chi connectivity index (χ0) is 19.8. The third-order valence-electron chi connectivity index (χ3n) is 4.95. The van der Waals surface area contributed by atoms with Crippen LogP contribution in [0.5, 0.6) is 5.75 Å². The lowest BCUT2D eigenvalue weighted by molar-refractivity contribution is 0.0913. The van der Waals surface area contributed by atoms with E-state index in [0.717, 1.165) is 37.8 Å². The average Bonchev–Trinajstić information content (AvgIpc) is 3.19. The largest absolute Gasteiger partial charge is 0.492 e. The molecule has 0 amide bonds. The average molecular weight is 402 g/mol. The Labute approximate surface area is 172 Å². The van der Waals surface area contributed by atoms with E-state index in [9.17, 15) is 0 Å². The third-order valence-corrected chi connectivity index (χ3v) is 5.20. The van der Waals surface area contributed by atoms with Crippen molar-refractivity contribution in [2.24, 2.45) is 10.9 Å². The Balaban J connectivity index is 1.46. The zero-order valence-corrected chi connectivity index (χ0v) is 17.2. The van der Waals surface area contributed by atoms with Crippen LogP contribution in [0.25, 0.3) is 0 Å². The molecule has 1 fully saturated rings. The van der Waals surface area contributed by atoms with Gasteiger partial charge in [-0.25, -0.2) is 0 Å². The highest BCUT2D eigenvalue weighted by molar-refractivity contribution is 6.30. The van der Waals surface area contributed by atoms with E-state index in [1.165, 1.54) is 5.56 Å². The van der Waals surface area contributed by atoms with Crippen LogP contribution in [-0.4, -0.2) is 51.3 Å². The molecule has 1 saturated heterocycles. The molecule has 3 rings (SSSR count). The minimum atomic E-state index is 0.144. The van der Waals surface area contributed by atoms with Gasteiger partial charge < -0.3 is 19.7 Å². The summed E-state index contributed by atoms with van der Waals surface area (Å²) in [6, 6.07) is 17.8. The number of ether oxygens (including phenoxy) is 2. The van der Waals surface area contributed by atoms with Gasteiger partial charge >= 0.3 is 0 Å². The number of likely N-dealkylation sites (N-methyl/N-ethyl adjacent to an activating group) is 1. The molecule has 1 N–H and O–H groups in total. The van der Waals surface area contributed by atoms with Crippen molar-refractivity contribution in [2.75, 3.05) is 40.4 Å². The molecule has 0 aromatic heterocycles. The number of aliphatic imine (C=N–C) groups is 1. The van der Waals surface area contributed by atoms with E-state index in [2.05, 4.69) is 39.5 Å². The Morgan fingerprint density at radius 2 is 1.96 bits per heavy atom. The van der Waals surface area contributed by atoms with Crippen molar-refractivity contribution in [3.8, 4) is 5.75 Å². The van der Waals surface area contributed by atoms with Crippen LogP contribution in [0.1, 0.15) is 18.1 Å². The van der Waals surface area contributed by atoms with Gasteiger partial charge in [-0.2, -0.15) is 0 Å². The molecule has 0 aliphatic carbocycles. The van der Waals surface area contributed by atoms with E-state index >= 15 is 0 Å². The number of hydrogen-bond donors (Lipinski definition) is 1. The fraction of sp³-hybridized carbons (Fsp3) is 0.409. The SMILES string of the molecule is CN=C(NCC1CCOC1c1ccccc1)N(C)CCOc1ccc(Cl)cc1. The fourth-order valence-electron chi connectivity index (χ4n) is 3.40. The molecule has 2 unspecified atom stereocenters. The molecule has 5 nitrogen and oxygen atoms in total. The summed E-state index contributed by atoms with van der Waals surface area (Å²) < 4.78 is 11.8. The number of nitrogens with one attached hydrogen (secondary N) is 1. The smallest absolute Gasteiger partial charge is 0.193 e. The highest BCUT2D eigenvalue weighted by Gasteiger charge is 2.29. The van der Waals surface area contributed by atoms with Gasteiger partial charge in [0.2, 0.25) is 0 Å². The van der Waals surface area contributed by atoms with E-state index in [4.69, 9.17) is 21.1 Å². The van der Waals surface area contributed by atoms with Gasteiger partial charge in [-0.3, -0.25) is 4.99 Å². The molecule has 2 aromatic rings. The molecule has 1 aliphatic heterocycles. The van der Waals surface area contributed by atoms with Gasteiger partial charge in [0.1, 0.15) is 12.4 Å². The van der Waals surface area contributed by atoms with E-state index in [1.54, 1.807) is 7.05 Å². The number of rotatable bonds is 7. The van der Waals surface area contributed by atoms with E-state index in [-0.39, 0.29) is 6.10 Å². The quantitative estimate of drug-likeness (QED) is 0.562. The Hall–Kier alpha value is -2.24. The lowest BCUT2D eigenvalue weighted by Gasteiger charge is -2.25. The summed E-state index contributed by atoms with van der Waals surface area (Å²) in [7, 11) is 3.82. The lowest BCUT2D eigenvalue weighted by atomic mass is 9.95. The van der Waals surface area contributed by atoms with E-state index in [0.29, 0.717) is 17.5 Å². The van der Waals surface area contributed by atoms with Gasteiger partial charge in [-0.15, -0.1) is 0 Å². The number of guanidine groups is 1.